The van der Waals surface area contributed by atoms with Crippen molar-refractivity contribution in [2.24, 2.45) is 0 Å². The van der Waals surface area contributed by atoms with E-state index in [9.17, 15) is 9.59 Å². The minimum absolute atomic E-state index is 0.0822. The quantitative estimate of drug-likeness (QED) is 0.391. The lowest BCUT2D eigenvalue weighted by molar-refractivity contribution is -0.134. The number of likely N-dealkylation sites (tertiary alicyclic amines) is 1. The minimum Gasteiger partial charge on any atom is -0.381 e. The summed E-state index contributed by atoms with van der Waals surface area (Å²) < 4.78 is 0. The van der Waals surface area contributed by atoms with Crippen LogP contribution in [-0.2, 0) is 4.79 Å². The first-order valence-electron chi connectivity index (χ1n) is 12.0. The molecule has 2 aromatic carbocycles. The van der Waals surface area contributed by atoms with Gasteiger partial charge >= 0.3 is 0 Å². The van der Waals surface area contributed by atoms with E-state index in [-0.39, 0.29) is 17.9 Å². The van der Waals surface area contributed by atoms with Gasteiger partial charge in [-0.1, -0.05) is 36.4 Å². The summed E-state index contributed by atoms with van der Waals surface area (Å²) in [7, 11) is 0. The zero-order valence-electron chi connectivity index (χ0n) is 19.7. The number of aromatic amines is 1. The van der Waals surface area contributed by atoms with E-state index < -0.39 is 6.04 Å². The summed E-state index contributed by atoms with van der Waals surface area (Å²) in [6.45, 7) is 3.28. The number of amides is 2. The Labute approximate surface area is 204 Å². The van der Waals surface area contributed by atoms with Crippen molar-refractivity contribution in [3.05, 3.63) is 95.9 Å². The molecule has 1 atom stereocenters. The maximum atomic E-state index is 13.6. The van der Waals surface area contributed by atoms with Gasteiger partial charge in [-0.05, 0) is 55.2 Å². The number of rotatable bonds is 6. The van der Waals surface area contributed by atoms with Crippen LogP contribution in [0.5, 0.6) is 0 Å². The van der Waals surface area contributed by atoms with Crippen LogP contribution in [0.25, 0.3) is 10.9 Å². The number of anilines is 1. The van der Waals surface area contributed by atoms with Crippen molar-refractivity contribution in [2.75, 3.05) is 18.4 Å². The Morgan fingerprint density at radius 3 is 2.60 bits per heavy atom. The molecule has 1 saturated heterocycles. The van der Waals surface area contributed by atoms with Gasteiger partial charge in [0, 0.05) is 54.2 Å². The van der Waals surface area contributed by atoms with Crippen LogP contribution in [0.2, 0.25) is 0 Å². The average molecular weight is 468 g/mol. The normalized spacial score (nSPS) is 15.1. The van der Waals surface area contributed by atoms with Crippen LogP contribution in [-0.4, -0.2) is 45.8 Å². The number of benzene rings is 2. The first-order valence-corrected chi connectivity index (χ1v) is 12.0. The summed E-state index contributed by atoms with van der Waals surface area (Å²) in [5.41, 5.74) is 4.32. The van der Waals surface area contributed by atoms with Crippen molar-refractivity contribution in [3.8, 4) is 0 Å². The molecule has 7 heteroatoms. The zero-order valence-corrected chi connectivity index (χ0v) is 19.7. The number of carbonyl (C=O) groups is 2. The molecule has 0 unspecified atom stereocenters. The molecular formula is C28H29N5O2. The summed E-state index contributed by atoms with van der Waals surface area (Å²) in [4.78, 5) is 36.0. The van der Waals surface area contributed by atoms with Crippen LogP contribution < -0.4 is 10.6 Å². The van der Waals surface area contributed by atoms with E-state index in [4.69, 9.17) is 0 Å². The highest BCUT2D eigenvalue weighted by atomic mass is 16.2. The highest BCUT2D eigenvalue weighted by Crippen LogP contribution is 2.23. The summed E-state index contributed by atoms with van der Waals surface area (Å²) >= 11 is 0. The van der Waals surface area contributed by atoms with Gasteiger partial charge in [-0.3, -0.25) is 14.6 Å². The van der Waals surface area contributed by atoms with Gasteiger partial charge < -0.3 is 20.5 Å². The number of nitrogens with zero attached hydrogens (tertiary/aromatic N) is 2. The topological polar surface area (TPSA) is 90.1 Å². The van der Waals surface area contributed by atoms with Gasteiger partial charge in [0.25, 0.3) is 5.91 Å². The number of hydrogen-bond donors (Lipinski definition) is 3. The van der Waals surface area contributed by atoms with Gasteiger partial charge in [0.1, 0.15) is 6.04 Å². The van der Waals surface area contributed by atoms with E-state index in [0.29, 0.717) is 18.7 Å². The Bertz CT molecular complexity index is 1310. The van der Waals surface area contributed by atoms with Gasteiger partial charge in [0.05, 0.1) is 5.69 Å². The largest absolute Gasteiger partial charge is 0.381 e. The minimum atomic E-state index is -0.743. The molecule has 0 radical (unpaired) electrons. The number of aromatic nitrogens is 2. The molecule has 0 bridgehead atoms. The first kappa shape index (κ1) is 22.7. The highest BCUT2D eigenvalue weighted by molar-refractivity contribution is 6.00. The maximum Gasteiger partial charge on any atom is 0.252 e. The second kappa shape index (κ2) is 10.0. The van der Waals surface area contributed by atoms with Crippen molar-refractivity contribution < 1.29 is 9.59 Å². The van der Waals surface area contributed by atoms with E-state index >= 15 is 0 Å². The van der Waals surface area contributed by atoms with Crippen LogP contribution in [0.1, 0.15) is 40.4 Å². The molecule has 1 aliphatic rings. The van der Waals surface area contributed by atoms with Crippen molar-refractivity contribution in [3.63, 3.8) is 0 Å². The van der Waals surface area contributed by atoms with Gasteiger partial charge in [0.15, 0.2) is 0 Å². The van der Waals surface area contributed by atoms with Crippen molar-refractivity contribution in [1.82, 2.24) is 20.2 Å². The average Bonchev–Trinajstić information content (AvgIpc) is 3.28. The van der Waals surface area contributed by atoms with Crippen LogP contribution in [0.4, 0.5) is 5.69 Å². The number of hydrogen-bond acceptors (Lipinski definition) is 4. The van der Waals surface area contributed by atoms with E-state index in [1.54, 1.807) is 12.3 Å². The molecule has 1 fully saturated rings. The lowest BCUT2D eigenvalue weighted by atomic mass is 10.0. The second-order valence-electron chi connectivity index (χ2n) is 9.03. The number of H-pyrrole nitrogens is 1. The zero-order chi connectivity index (χ0) is 24.2. The molecule has 3 heterocycles. The Hall–Kier alpha value is -4.13. The second-order valence-corrected chi connectivity index (χ2v) is 9.03. The Morgan fingerprint density at radius 1 is 1.06 bits per heavy atom. The van der Waals surface area contributed by atoms with Gasteiger partial charge in [-0.15, -0.1) is 0 Å². The molecule has 1 aliphatic heterocycles. The van der Waals surface area contributed by atoms with E-state index in [1.165, 1.54) is 0 Å². The maximum absolute atomic E-state index is 13.6. The van der Waals surface area contributed by atoms with Crippen LogP contribution in [0.15, 0.2) is 79.3 Å². The number of fused-ring (bicyclic) bond motifs is 1. The number of piperidine rings is 1. The van der Waals surface area contributed by atoms with E-state index in [2.05, 4.69) is 20.6 Å². The molecule has 4 aromatic rings. The van der Waals surface area contributed by atoms with Crippen LogP contribution in [0, 0.1) is 6.92 Å². The fourth-order valence-corrected chi connectivity index (χ4v) is 4.67. The third-order valence-electron chi connectivity index (χ3n) is 6.65. The van der Waals surface area contributed by atoms with Gasteiger partial charge in [-0.2, -0.15) is 0 Å². The molecule has 7 nitrogen and oxygen atoms in total. The highest BCUT2D eigenvalue weighted by Gasteiger charge is 2.30. The summed E-state index contributed by atoms with van der Waals surface area (Å²) in [6, 6.07) is 18.5. The standard InChI is InChI=1S/C28H29N5O2/c1-19-17-30-25-16-21(9-10-24(19)25)27(34)32-26(20-6-3-2-4-7-20)28(35)33-14-11-22(12-15-33)31-23-8-5-13-29-18-23/h2-10,13,16-18,22,26,30-31H,11-12,14-15H2,1H3,(H,32,34)/t26-/m1/s1. The van der Waals surface area contributed by atoms with Crippen molar-refractivity contribution in [2.45, 2.75) is 31.8 Å². The Kier molecular flexibility index (Phi) is 6.48. The molecule has 2 amide bonds. The van der Waals surface area contributed by atoms with Gasteiger partial charge in [0.2, 0.25) is 5.91 Å². The fourth-order valence-electron chi connectivity index (χ4n) is 4.67. The number of nitrogens with one attached hydrogen (secondary N) is 3. The monoisotopic (exact) mass is 467 g/mol. The van der Waals surface area contributed by atoms with Crippen LogP contribution >= 0.6 is 0 Å². The molecule has 5 rings (SSSR count). The number of pyridine rings is 1. The first-order chi connectivity index (χ1) is 17.1. The number of aryl methyl sites for hydroxylation is 1. The fraction of sp³-hybridized carbons (Fsp3) is 0.250. The summed E-state index contributed by atoms with van der Waals surface area (Å²) in [5.74, 6) is -0.351. The Balaban J connectivity index is 1.29. The molecule has 0 saturated carbocycles. The molecular weight excluding hydrogens is 438 g/mol. The summed E-state index contributed by atoms with van der Waals surface area (Å²) in [5, 5.41) is 7.58. The third-order valence-corrected chi connectivity index (χ3v) is 6.65. The van der Waals surface area contributed by atoms with E-state index in [0.717, 1.165) is 40.6 Å². The Morgan fingerprint density at radius 2 is 1.86 bits per heavy atom. The predicted octanol–water partition coefficient (Wildman–Crippen LogP) is 4.45. The molecule has 3 N–H and O–H groups in total. The third kappa shape index (κ3) is 5.04. The lowest BCUT2D eigenvalue weighted by Gasteiger charge is -2.35. The molecule has 178 valence electrons. The van der Waals surface area contributed by atoms with E-state index in [1.807, 2.05) is 78.8 Å². The molecule has 35 heavy (non-hydrogen) atoms. The van der Waals surface area contributed by atoms with Crippen LogP contribution in [0.3, 0.4) is 0 Å². The number of carbonyl (C=O) groups excluding carboxylic acids is 2. The SMILES string of the molecule is Cc1c[nH]c2cc(C(=O)N[C@@H](C(=O)N3CCC(Nc4cccnc4)CC3)c3ccccc3)ccc12. The summed E-state index contributed by atoms with van der Waals surface area (Å²) in [6.07, 6.45) is 7.15. The molecule has 2 aromatic heterocycles. The van der Waals surface area contributed by atoms with Crippen molar-refractivity contribution in [1.29, 1.82) is 0 Å². The van der Waals surface area contributed by atoms with Crippen molar-refractivity contribution >= 4 is 28.4 Å². The molecule has 0 aliphatic carbocycles. The molecule has 0 spiro atoms. The predicted molar refractivity (Wildman–Crippen MR) is 137 cm³/mol. The smallest absolute Gasteiger partial charge is 0.252 e. The van der Waals surface area contributed by atoms with Gasteiger partial charge in [-0.25, -0.2) is 0 Å². The lowest BCUT2D eigenvalue weighted by Crippen LogP contribution is -2.48.